The molecule has 1 unspecified atom stereocenters. The van der Waals surface area contributed by atoms with Gasteiger partial charge in [-0.15, -0.1) is 10.2 Å². The minimum Gasteiger partial charge on any atom is -0.467 e. The fourth-order valence-corrected chi connectivity index (χ4v) is 3.01. The second kappa shape index (κ2) is 8.70. The molecule has 0 saturated heterocycles. The minimum absolute atomic E-state index is 0.177. The van der Waals surface area contributed by atoms with Crippen LogP contribution in [0.25, 0.3) is 0 Å². The standard InChI is InChI=1S/C16H23N5O3S/c1-5-17-15(23)18-14(22)11(4)25-16-20-19-13(10(2)3)21(16)9-12-7-6-8-24-12/h6-8,10-11H,5,9H2,1-4H3,(H2,17,18,22,23). The monoisotopic (exact) mass is 365 g/mol. The molecule has 0 aliphatic carbocycles. The molecule has 2 aromatic heterocycles. The molecular formula is C16H23N5O3S. The summed E-state index contributed by atoms with van der Waals surface area (Å²) in [5.41, 5.74) is 0. The third-order valence-electron chi connectivity index (χ3n) is 3.38. The number of rotatable bonds is 7. The van der Waals surface area contributed by atoms with Crippen LogP contribution in [0.1, 0.15) is 45.2 Å². The summed E-state index contributed by atoms with van der Waals surface area (Å²) in [7, 11) is 0. The topological polar surface area (TPSA) is 102 Å². The molecule has 0 aliphatic rings. The number of imide groups is 1. The normalized spacial score (nSPS) is 12.2. The van der Waals surface area contributed by atoms with Crippen LogP contribution in [0.5, 0.6) is 0 Å². The summed E-state index contributed by atoms with van der Waals surface area (Å²) < 4.78 is 7.35. The van der Waals surface area contributed by atoms with Crippen LogP contribution in [-0.2, 0) is 11.3 Å². The predicted octanol–water partition coefficient (Wildman–Crippen LogP) is 2.37. The maximum Gasteiger partial charge on any atom is 0.321 e. The zero-order chi connectivity index (χ0) is 18.4. The molecule has 1 atom stereocenters. The summed E-state index contributed by atoms with van der Waals surface area (Å²) in [5, 5.41) is 13.4. The van der Waals surface area contributed by atoms with Crippen molar-refractivity contribution in [2.75, 3.05) is 6.54 Å². The van der Waals surface area contributed by atoms with Gasteiger partial charge in [0.05, 0.1) is 18.1 Å². The first kappa shape index (κ1) is 19.0. The molecule has 9 heteroatoms. The van der Waals surface area contributed by atoms with E-state index in [1.165, 1.54) is 11.8 Å². The van der Waals surface area contributed by atoms with Crippen molar-refractivity contribution in [1.29, 1.82) is 0 Å². The SMILES string of the molecule is CCNC(=O)NC(=O)C(C)Sc1nnc(C(C)C)n1Cc1ccco1. The zero-order valence-corrected chi connectivity index (χ0v) is 15.6. The van der Waals surface area contributed by atoms with Crippen LogP contribution in [0.2, 0.25) is 0 Å². The Kier molecular flexibility index (Phi) is 6.63. The van der Waals surface area contributed by atoms with Gasteiger partial charge in [-0.1, -0.05) is 25.6 Å². The number of urea groups is 1. The summed E-state index contributed by atoms with van der Waals surface area (Å²) in [4.78, 5) is 23.6. The number of nitrogens with zero attached hydrogens (tertiary/aromatic N) is 3. The lowest BCUT2D eigenvalue weighted by Gasteiger charge is -2.13. The minimum atomic E-state index is -0.500. The van der Waals surface area contributed by atoms with Crippen molar-refractivity contribution in [2.24, 2.45) is 0 Å². The van der Waals surface area contributed by atoms with Crippen LogP contribution in [-0.4, -0.2) is 38.5 Å². The molecular weight excluding hydrogens is 342 g/mol. The van der Waals surface area contributed by atoms with Crippen molar-refractivity contribution in [3.63, 3.8) is 0 Å². The first-order valence-electron chi connectivity index (χ1n) is 8.13. The Balaban J connectivity index is 2.12. The Bertz CT molecular complexity index is 711. The number of carbonyl (C=O) groups excluding carboxylic acids is 2. The van der Waals surface area contributed by atoms with Gasteiger partial charge in [-0.2, -0.15) is 0 Å². The highest BCUT2D eigenvalue weighted by molar-refractivity contribution is 8.00. The molecule has 25 heavy (non-hydrogen) atoms. The lowest BCUT2D eigenvalue weighted by molar-refractivity contribution is -0.119. The maximum atomic E-state index is 12.1. The number of hydrogen-bond donors (Lipinski definition) is 2. The number of aromatic nitrogens is 3. The van der Waals surface area contributed by atoms with E-state index in [-0.39, 0.29) is 11.8 Å². The second-order valence-corrected chi connectivity index (χ2v) is 7.08. The molecule has 0 aromatic carbocycles. The van der Waals surface area contributed by atoms with Crippen LogP contribution in [0, 0.1) is 0 Å². The Morgan fingerprint density at radius 2 is 2.08 bits per heavy atom. The molecule has 0 saturated carbocycles. The van der Waals surface area contributed by atoms with E-state index in [1.807, 2.05) is 30.5 Å². The van der Waals surface area contributed by atoms with Crippen molar-refractivity contribution in [3.8, 4) is 0 Å². The van der Waals surface area contributed by atoms with Crippen molar-refractivity contribution in [3.05, 3.63) is 30.0 Å². The zero-order valence-electron chi connectivity index (χ0n) is 14.8. The Hall–Kier alpha value is -2.29. The first-order chi connectivity index (χ1) is 11.9. The lowest BCUT2D eigenvalue weighted by atomic mass is 10.2. The summed E-state index contributed by atoms with van der Waals surface area (Å²) in [5.74, 6) is 1.39. The Morgan fingerprint density at radius 1 is 1.32 bits per heavy atom. The first-order valence-corrected chi connectivity index (χ1v) is 9.01. The smallest absolute Gasteiger partial charge is 0.321 e. The van der Waals surface area contributed by atoms with E-state index in [2.05, 4.69) is 20.8 Å². The van der Waals surface area contributed by atoms with Gasteiger partial charge >= 0.3 is 6.03 Å². The third-order valence-corrected chi connectivity index (χ3v) is 4.46. The second-order valence-electron chi connectivity index (χ2n) is 5.77. The van der Waals surface area contributed by atoms with Crippen molar-refractivity contribution in [1.82, 2.24) is 25.4 Å². The fraction of sp³-hybridized carbons (Fsp3) is 0.500. The van der Waals surface area contributed by atoms with Gasteiger partial charge in [-0.25, -0.2) is 4.79 Å². The Morgan fingerprint density at radius 3 is 2.68 bits per heavy atom. The largest absolute Gasteiger partial charge is 0.467 e. The molecule has 2 N–H and O–H groups in total. The summed E-state index contributed by atoms with van der Waals surface area (Å²) in [6, 6.07) is 3.20. The van der Waals surface area contributed by atoms with Gasteiger partial charge in [0.25, 0.3) is 0 Å². The van der Waals surface area contributed by atoms with E-state index in [9.17, 15) is 9.59 Å². The molecule has 2 rings (SSSR count). The lowest BCUT2D eigenvalue weighted by Crippen LogP contribution is -2.42. The molecule has 0 aliphatic heterocycles. The molecule has 2 aromatic rings. The van der Waals surface area contributed by atoms with Gasteiger partial charge in [0.1, 0.15) is 11.6 Å². The number of furan rings is 1. The summed E-state index contributed by atoms with van der Waals surface area (Å²) in [6.07, 6.45) is 1.62. The van der Waals surface area contributed by atoms with E-state index < -0.39 is 11.3 Å². The number of thioether (sulfide) groups is 1. The van der Waals surface area contributed by atoms with E-state index in [0.717, 1.165) is 11.6 Å². The van der Waals surface area contributed by atoms with Crippen LogP contribution in [0.15, 0.2) is 28.0 Å². The van der Waals surface area contributed by atoms with Gasteiger partial charge in [-0.05, 0) is 26.0 Å². The highest BCUT2D eigenvalue weighted by Gasteiger charge is 2.22. The summed E-state index contributed by atoms with van der Waals surface area (Å²) in [6.45, 7) is 8.51. The van der Waals surface area contributed by atoms with Crippen LogP contribution >= 0.6 is 11.8 Å². The number of amides is 3. The van der Waals surface area contributed by atoms with Crippen LogP contribution in [0.3, 0.4) is 0 Å². The molecule has 0 bridgehead atoms. The van der Waals surface area contributed by atoms with Gasteiger partial charge in [-0.3, -0.25) is 14.7 Å². The third kappa shape index (κ3) is 5.09. The molecule has 2 heterocycles. The Labute approximate surface area is 150 Å². The maximum absolute atomic E-state index is 12.1. The molecule has 0 spiro atoms. The van der Waals surface area contributed by atoms with Crippen molar-refractivity contribution >= 4 is 23.7 Å². The quantitative estimate of drug-likeness (QED) is 0.730. The highest BCUT2D eigenvalue weighted by Crippen LogP contribution is 2.26. The van der Waals surface area contributed by atoms with Crippen molar-refractivity contribution < 1.29 is 14.0 Å². The van der Waals surface area contributed by atoms with Crippen LogP contribution in [0.4, 0.5) is 4.79 Å². The van der Waals surface area contributed by atoms with Gasteiger partial charge < -0.3 is 9.73 Å². The summed E-state index contributed by atoms with van der Waals surface area (Å²) >= 11 is 1.25. The van der Waals surface area contributed by atoms with E-state index in [0.29, 0.717) is 18.2 Å². The molecule has 0 radical (unpaired) electrons. The van der Waals surface area contributed by atoms with E-state index in [1.54, 1.807) is 20.1 Å². The molecule has 0 fully saturated rings. The fourth-order valence-electron chi connectivity index (χ4n) is 2.15. The number of nitrogens with one attached hydrogen (secondary N) is 2. The van der Waals surface area contributed by atoms with E-state index in [4.69, 9.17) is 4.42 Å². The van der Waals surface area contributed by atoms with Crippen molar-refractivity contribution in [2.45, 2.75) is 50.6 Å². The number of hydrogen-bond acceptors (Lipinski definition) is 6. The van der Waals surface area contributed by atoms with Gasteiger partial charge in [0, 0.05) is 12.5 Å². The predicted molar refractivity (Wildman–Crippen MR) is 94.5 cm³/mol. The molecule has 8 nitrogen and oxygen atoms in total. The average Bonchev–Trinajstić information content (AvgIpc) is 3.18. The molecule has 136 valence electrons. The average molecular weight is 365 g/mol. The van der Waals surface area contributed by atoms with E-state index >= 15 is 0 Å². The van der Waals surface area contributed by atoms with Gasteiger partial charge in [0.15, 0.2) is 5.16 Å². The number of carbonyl (C=O) groups is 2. The van der Waals surface area contributed by atoms with Crippen LogP contribution < -0.4 is 10.6 Å². The van der Waals surface area contributed by atoms with Gasteiger partial charge in [0.2, 0.25) is 5.91 Å². The molecule has 3 amide bonds. The highest BCUT2D eigenvalue weighted by atomic mass is 32.2.